The molecule has 112 valence electrons. The maximum Gasteiger partial charge on any atom is 0.119 e. The summed E-state index contributed by atoms with van der Waals surface area (Å²) in [4.78, 5) is 2.46. The average Bonchev–Trinajstić information content (AvgIpc) is 2.48. The van der Waals surface area contributed by atoms with Crippen molar-refractivity contribution in [2.75, 3.05) is 32.1 Å². The molecule has 0 unspecified atom stereocenters. The van der Waals surface area contributed by atoms with E-state index in [-0.39, 0.29) is 12.1 Å². The third-order valence-electron chi connectivity index (χ3n) is 4.29. The Morgan fingerprint density at radius 3 is 2.30 bits per heavy atom. The molecule has 1 heterocycles. The number of rotatable bonds is 5. The number of hydrogen-bond donors (Lipinski definition) is 2. The summed E-state index contributed by atoms with van der Waals surface area (Å²) in [6, 6.07) is 8.47. The molecule has 0 aromatic heterocycles. The highest BCUT2D eigenvalue weighted by molar-refractivity contribution is 5.48. The maximum atomic E-state index is 9.82. The van der Waals surface area contributed by atoms with E-state index >= 15 is 0 Å². The molecule has 0 bridgehead atoms. The van der Waals surface area contributed by atoms with Gasteiger partial charge in [0.15, 0.2) is 0 Å². The van der Waals surface area contributed by atoms with E-state index in [1.165, 1.54) is 0 Å². The van der Waals surface area contributed by atoms with E-state index in [0.717, 1.165) is 37.4 Å². The van der Waals surface area contributed by atoms with Crippen molar-refractivity contribution in [1.29, 1.82) is 0 Å². The monoisotopic (exact) mass is 278 g/mol. The van der Waals surface area contributed by atoms with Crippen molar-refractivity contribution < 1.29 is 9.84 Å². The summed E-state index contributed by atoms with van der Waals surface area (Å²) in [6.45, 7) is 6.68. The van der Waals surface area contributed by atoms with Gasteiger partial charge in [-0.2, -0.15) is 0 Å². The number of aliphatic hydroxyl groups excluding tert-OH is 1. The molecule has 1 aliphatic rings. The van der Waals surface area contributed by atoms with Crippen molar-refractivity contribution >= 4 is 5.69 Å². The smallest absolute Gasteiger partial charge is 0.119 e. The van der Waals surface area contributed by atoms with Gasteiger partial charge < -0.3 is 20.1 Å². The van der Waals surface area contributed by atoms with Crippen LogP contribution in [-0.2, 0) is 0 Å². The molecule has 0 amide bonds. The van der Waals surface area contributed by atoms with Crippen LogP contribution in [0.15, 0.2) is 24.3 Å². The highest BCUT2D eigenvalue weighted by atomic mass is 16.5. The van der Waals surface area contributed by atoms with E-state index in [2.05, 4.69) is 24.1 Å². The second-order valence-electron chi connectivity index (χ2n) is 5.92. The first-order valence-electron chi connectivity index (χ1n) is 7.36. The van der Waals surface area contributed by atoms with Gasteiger partial charge >= 0.3 is 0 Å². The summed E-state index contributed by atoms with van der Waals surface area (Å²) >= 11 is 0. The first-order chi connectivity index (χ1) is 9.58. The van der Waals surface area contributed by atoms with Gasteiger partial charge in [0, 0.05) is 24.8 Å². The zero-order valence-corrected chi connectivity index (χ0v) is 12.7. The van der Waals surface area contributed by atoms with Crippen molar-refractivity contribution in [2.24, 2.45) is 0 Å². The Kier molecular flexibility index (Phi) is 4.89. The number of methoxy groups -OCH3 is 1. The standard InChI is InChI=1S/C16H26N2O2/c1-13(2)18-10-8-16(12-19,9-11-18)17-14-4-6-15(20-3)7-5-14/h4-7,13,17,19H,8-12H2,1-3H3. The third-order valence-corrected chi connectivity index (χ3v) is 4.29. The summed E-state index contributed by atoms with van der Waals surface area (Å²) < 4.78 is 5.17. The van der Waals surface area contributed by atoms with Crippen LogP contribution in [0.1, 0.15) is 26.7 Å². The molecule has 1 fully saturated rings. The van der Waals surface area contributed by atoms with Gasteiger partial charge in [0.1, 0.15) is 5.75 Å². The lowest BCUT2D eigenvalue weighted by Gasteiger charge is -2.43. The van der Waals surface area contributed by atoms with E-state index in [9.17, 15) is 5.11 Å². The van der Waals surface area contributed by atoms with E-state index < -0.39 is 0 Å². The Morgan fingerprint density at radius 1 is 1.25 bits per heavy atom. The fourth-order valence-electron chi connectivity index (χ4n) is 2.77. The minimum absolute atomic E-state index is 0.172. The summed E-state index contributed by atoms with van der Waals surface area (Å²) in [5.74, 6) is 0.850. The van der Waals surface area contributed by atoms with E-state index in [1.807, 2.05) is 24.3 Å². The number of benzene rings is 1. The molecule has 0 saturated carbocycles. The quantitative estimate of drug-likeness (QED) is 0.868. The number of anilines is 1. The van der Waals surface area contributed by atoms with Crippen molar-refractivity contribution in [1.82, 2.24) is 4.90 Å². The van der Waals surface area contributed by atoms with Gasteiger partial charge in [0.25, 0.3) is 0 Å². The lowest BCUT2D eigenvalue weighted by molar-refractivity contribution is 0.101. The molecule has 1 saturated heterocycles. The van der Waals surface area contributed by atoms with Gasteiger partial charge in [0.05, 0.1) is 19.3 Å². The highest BCUT2D eigenvalue weighted by Crippen LogP contribution is 2.28. The van der Waals surface area contributed by atoms with Gasteiger partial charge in [-0.15, -0.1) is 0 Å². The first-order valence-corrected chi connectivity index (χ1v) is 7.36. The Morgan fingerprint density at radius 2 is 1.85 bits per heavy atom. The number of hydrogen-bond acceptors (Lipinski definition) is 4. The van der Waals surface area contributed by atoms with Crippen LogP contribution < -0.4 is 10.1 Å². The summed E-state index contributed by atoms with van der Waals surface area (Å²) in [7, 11) is 1.67. The first kappa shape index (κ1) is 15.1. The summed E-state index contributed by atoms with van der Waals surface area (Å²) in [5, 5.41) is 13.3. The minimum Gasteiger partial charge on any atom is -0.497 e. The second-order valence-corrected chi connectivity index (χ2v) is 5.92. The predicted octanol–water partition coefficient (Wildman–Crippen LogP) is 2.34. The topological polar surface area (TPSA) is 44.7 Å². The van der Waals surface area contributed by atoms with Gasteiger partial charge in [0.2, 0.25) is 0 Å². The van der Waals surface area contributed by atoms with Crippen LogP contribution in [0.2, 0.25) is 0 Å². The molecule has 0 radical (unpaired) electrons. The Hall–Kier alpha value is -1.26. The largest absolute Gasteiger partial charge is 0.497 e. The second kappa shape index (κ2) is 6.46. The lowest BCUT2D eigenvalue weighted by atomic mass is 9.87. The average molecular weight is 278 g/mol. The zero-order chi connectivity index (χ0) is 14.6. The molecule has 0 spiro atoms. The molecule has 4 heteroatoms. The van der Waals surface area contributed by atoms with Crippen LogP contribution in [0.25, 0.3) is 0 Å². The summed E-state index contributed by atoms with van der Waals surface area (Å²) in [6.07, 6.45) is 1.93. The van der Waals surface area contributed by atoms with Gasteiger partial charge in [-0.05, 0) is 51.0 Å². The Bertz CT molecular complexity index is 409. The normalized spacial score (nSPS) is 19.1. The molecule has 0 aliphatic carbocycles. The van der Waals surface area contributed by atoms with E-state index in [0.29, 0.717) is 6.04 Å². The molecular formula is C16H26N2O2. The number of ether oxygens (including phenoxy) is 1. The van der Waals surface area contributed by atoms with Crippen LogP contribution in [-0.4, -0.2) is 48.4 Å². The van der Waals surface area contributed by atoms with Crippen molar-refractivity contribution in [3.05, 3.63) is 24.3 Å². The van der Waals surface area contributed by atoms with Crippen LogP contribution >= 0.6 is 0 Å². The molecule has 0 atom stereocenters. The molecule has 1 aromatic carbocycles. The van der Waals surface area contributed by atoms with Gasteiger partial charge in [-0.1, -0.05) is 0 Å². The molecule has 4 nitrogen and oxygen atoms in total. The van der Waals surface area contributed by atoms with Crippen LogP contribution in [0.3, 0.4) is 0 Å². The number of aliphatic hydroxyl groups is 1. The van der Waals surface area contributed by atoms with Crippen molar-refractivity contribution in [3.8, 4) is 5.75 Å². The maximum absolute atomic E-state index is 9.82. The van der Waals surface area contributed by atoms with Crippen molar-refractivity contribution in [2.45, 2.75) is 38.3 Å². The van der Waals surface area contributed by atoms with Gasteiger partial charge in [-0.3, -0.25) is 0 Å². The molecule has 1 aliphatic heterocycles. The number of nitrogens with zero attached hydrogens (tertiary/aromatic N) is 1. The Labute approximate surface area is 121 Å². The fourth-order valence-corrected chi connectivity index (χ4v) is 2.77. The molecule has 20 heavy (non-hydrogen) atoms. The number of piperidine rings is 1. The number of likely N-dealkylation sites (tertiary alicyclic amines) is 1. The number of nitrogens with one attached hydrogen (secondary N) is 1. The lowest BCUT2D eigenvalue weighted by Crippen LogP contribution is -2.53. The predicted molar refractivity (Wildman–Crippen MR) is 82.4 cm³/mol. The molecule has 2 rings (SSSR count). The van der Waals surface area contributed by atoms with Crippen LogP contribution in [0.5, 0.6) is 5.75 Å². The van der Waals surface area contributed by atoms with Crippen molar-refractivity contribution in [3.63, 3.8) is 0 Å². The van der Waals surface area contributed by atoms with E-state index in [4.69, 9.17) is 4.74 Å². The summed E-state index contributed by atoms with van der Waals surface area (Å²) in [5.41, 5.74) is 0.845. The zero-order valence-electron chi connectivity index (χ0n) is 12.7. The SMILES string of the molecule is COc1ccc(NC2(CO)CCN(C(C)C)CC2)cc1. The fraction of sp³-hybridized carbons (Fsp3) is 0.625. The molecular weight excluding hydrogens is 252 g/mol. The van der Waals surface area contributed by atoms with Gasteiger partial charge in [-0.25, -0.2) is 0 Å². The highest BCUT2D eigenvalue weighted by Gasteiger charge is 2.34. The molecule has 2 N–H and O–H groups in total. The van der Waals surface area contributed by atoms with Crippen LogP contribution in [0, 0.1) is 0 Å². The Balaban J connectivity index is 2.01. The third kappa shape index (κ3) is 3.44. The van der Waals surface area contributed by atoms with Crippen LogP contribution in [0.4, 0.5) is 5.69 Å². The minimum atomic E-state index is -0.194. The molecule has 1 aromatic rings. The van der Waals surface area contributed by atoms with E-state index in [1.54, 1.807) is 7.11 Å².